The van der Waals surface area contributed by atoms with Crippen LogP contribution in [-0.4, -0.2) is 0 Å². The van der Waals surface area contributed by atoms with Crippen LogP contribution >= 0.6 is 27.3 Å². The summed E-state index contributed by atoms with van der Waals surface area (Å²) in [7, 11) is 0. The molecule has 0 saturated heterocycles. The first-order valence-electron chi connectivity index (χ1n) is 4.20. The summed E-state index contributed by atoms with van der Waals surface area (Å²) >= 11 is 5.22. The van der Waals surface area contributed by atoms with Gasteiger partial charge in [0.1, 0.15) is 0 Å². The first-order valence-corrected chi connectivity index (χ1v) is 5.87. The van der Waals surface area contributed by atoms with Gasteiger partial charge in [-0.3, -0.25) is 0 Å². The second-order valence-corrected chi connectivity index (χ2v) is 5.31. The Morgan fingerprint density at radius 1 is 1.83 bits per heavy atom. The summed E-state index contributed by atoms with van der Waals surface area (Å²) in [6, 6.07) is 2.15. The van der Waals surface area contributed by atoms with Gasteiger partial charge in [-0.05, 0) is 34.3 Å². The van der Waals surface area contributed by atoms with Gasteiger partial charge in [0, 0.05) is 14.7 Å². The zero-order valence-corrected chi connectivity index (χ0v) is 9.41. The van der Waals surface area contributed by atoms with E-state index in [0.29, 0.717) is 5.92 Å². The van der Waals surface area contributed by atoms with Crippen molar-refractivity contribution in [3.8, 4) is 0 Å². The fourth-order valence-electron chi connectivity index (χ4n) is 1.72. The lowest BCUT2D eigenvalue weighted by atomic mass is 10.1. The largest absolute Gasteiger partial charge is 0.320 e. The normalized spacial score (nSPS) is 33.8. The number of nitrogens with two attached hydrogens (primary N) is 1. The van der Waals surface area contributed by atoms with E-state index in [9.17, 15) is 0 Å². The van der Waals surface area contributed by atoms with Gasteiger partial charge in [0.05, 0.1) is 5.54 Å². The summed E-state index contributed by atoms with van der Waals surface area (Å²) < 4.78 is 1.16. The Balaban J connectivity index is 2.22. The smallest absolute Gasteiger partial charge is 0.0536 e. The standard InChI is InChI=1S/C9H12BrNS/c1-2-6-4-9(6,11)8-3-7(10)5-12-8/h3,5-6H,2,4,11H2,1H3. The molecule has 3 heteroatoms. The van der Waals surface area contributed by atoms with Gasteiger partial charge in [-0.15, -0.1) is 11.3 Å². The van der Waals surface area contributed by atoms with Crippen LogP contribution in [-0.2, 0) is 5.54 Å². The highest BCUT2D eigenvalue weighted by atomic mass is 79.9. The van der Waals surface area contributed by atoms with Gasteiger partial charge in [-0.2, -0.15) is 0 Å². The summed E-state index contributed by atoms with van der Waals surface area (Å²) in [5.74, 6) is 0.711. The van der Waals surface area contributed by atoms with Crippen LogP contribution in [0.25, 0.3) is 0 Å². The van der Waals surface area contributed by atoms with E-state index in [2.05, 4.69) is 34.3 Å². The van der Waals surface area contributed by atoms with Crippen LogP contribution in [0.15, 0.2) is 15.9 Å². The minimum atomic E-state index is 0.0193. The number of rotatable bonds is 2. The number of hydrogen-bond acceptors (Lipinski definition) is 2. The molecule has 2 rings (SSSR count). The van der Waals surface area contributed by atoms with Crippen molar-refractivity contribution in [3.05, 3.63) is 20.8 Å². The maximum Gasteiger partial charge on any atom is 0.0536 e. The highest BCUT2D eigenvalue weighted by Crippen LogP contribution is 2.53. The minimum Gasteiger partial charge on any atom is -0.320 e. The van der Waals surface area contributed by atoms with Crippen LogP contribution in [0.5, 0.6) is 0 Å². The highest BCUT2D eigenvalue weighted by Gasteiger charge is 2.51. The summed E-state index contributed by atoms with van der Waals surface area (Å²) in [6.45, 7) is 2.21. The molecule has 1 aliphatic carbocycles. The Morgan fingerprint density at radius 3 is 3.00 bits per heavy atom. The predicted octanol–water partition coefficient (Wildman–Crippen LogP) is 3.09. The van der Waals surface area contributed by atoms with E-state index in [-0.39, 0.29) is 5.54 Å². The molecule has 1 nitrogen and oxygen atoms in total. The van der Waals surface area contributed by atoms with Gasteiger partial charge >= 0.3 is 0 Å². The van der Waals surface area contributed by atoms with Crippen molar-refractivity contribution < 1.29 is 0 Å². The Kier molecular flexibility index (Phi) is 2.05. The van der Waals surface area contributed by atoms with Crippen molar-refractivity contribution in [2.24, 2.45) is 11.7 Å². The van der Waals surface area contributed by atoms with Gasteiger partial charge in [0.2, 0.25) is 0 Å². The Morgan fingerprint density at radius 2 is 2.58 bits per heavy atom. The van der Waals surface area contributed by atoms with Gasteiger partial charge in [0.15, 0.2) is 0 Å². The first-order chi connectivity index (χ1) is 5.66. The molecule has 12 heavy (non-hydrogen) atoms. The second-order valence-electron chi connectivity index (χ2n) is 3.48. The van der Waals surface area contributed by atoms with Crippen molar-refractivity contribution in [2.75, 3.05) is 0 Å². The summed E-state index contributed by atoms with van der Waals surface area (Å²) in [4.78, 5) is 1.33. The van der Waals surface area contributed by atoms with E-state index >= 15 is 0 Å². The molecule has 1 fully saturated rings. The van der Waals surface area contributed by atoms with Crippen molar-refractivity contribution in [3.63, 3.8) is 0 Å². The topological polar surface area (TPSA) is 26.0 Å². The molecule has 0 radical (unpaired) electrons. The van der Waals surface area contributed by atoms with Crippen LogP contribution in [0.3, 0.4) is 0 Å². The molecule has 1 saturated carbocycles. The number of hydrogen-bond donors (Lipinski definition) is 1. The SMILES string of the molecule is CCC1CC1(N)c1cc(Br)cs1. The molecule has 0 amide bonds. The lowest BCUT2D eigenvalue weighted by Gasteiger charge is -2.06. The Labute approximate surface area is 85.1 Å². The zero-order valence-electron chi connectivity index (χ0n) is 7.01. The van der Waals surface area contributed by atoms with E-state index in [0.717, 1.165) is 10.9 Å². The van der Waals surface area contributed by atoms with Crippen LogP contribution in [0, 0.1) is 5.92 Å². The molecule has 2 unspecified atom stereocenters. The van der Waals surface area contributed by atoms with Crippen molar-refractivity contribution >= 4 is 27.3 Å². The maximum atomic E-state index is 6.23. The van der Waals surface area contributed by atoms with Crippen molar-refractivity contribution in [1.29, 1.82) is 0 Å². The van der Waals surface area contributed by atoms with E-state index in [4.69, 9.17) is 5.73 Å². The number of halogens is 1. The molecule has 2 atom stereocenters. The maximum absolute atomic E-state index is 6.23. The van der Waals surface area contributed by atoms with Crippen LogP contribution < -0.4 is 5.73 Å². The predicted molar refractivity (Wildman–Crippen MR) is 56.3 cm³/mol. The zero-order chi connectivity index (χ0) is 8.77. The van der Waals surface area contributed by atoms with E-state index in [1.807, 2.05) is 0 Å². The van der Waals surface area contributed by atoms with E-state index in [1.165, 1.54) is 11.3 Å². The Hall–Kier alpha value is 0.140. The minimum absolute atomic E-state index is 0.0193. The molecule has 0 bridgehead atoms. The lowest BCUT2D eigenvalue weighted by molar-refractivity contribution is 0.625. The third-order valence-corrected chi connectivity index (χ3v) is 4.56. The van der Waals surface area contributed by atoms with Crippen LogP contribution in [0.2, 0.25) is 0 Å². The molecule has 2 N–H and O–H groups in total. The third-order valence-electron chi connectivity index (χ3n) is 2.67. The van der Waals surface area contributed by atoms with Crippen molar-refractivity contribution in [1.82, 2.24) is 0 Å². The monoisotopic (exact) mass is 245 g/mol. The molecule has 1 aromatic rings. The van der Waals surface area contributed by atoms with Gasteiger partial charge in [0.25, 0.3) is 0 Å². The molecule has 1 aliphatic rings. The number of thiophene rings is 1. The van der Waals surface area contributed by atoms with Crippen LogP contribution in [0.4, 0.5) is 0 Å². The molecule has 66 valence electrons. The highest BCUT2D eigenvalue weighted by molar-refractivity contribution is 9.10. The van der Waals surface area contributed by atoms with E-state index < -0.39 is 0 Å². The van der Waals surface area contributed by atoms with Gasteiger partial charge in [-0.1, -0.05) is 13.3 Å². The van der Waals surface area contributed by atoms with E-state index in [1.54, 1.807) is 11.3 Å². The summed E-state index contributed by atoms with van der Waals surface area (Å²) in [5, 5.41) is 2.11. The molecule has 1 heterocycles. The average Bonchev–Trinajstić information content (AvgIpc) is 2.50. The molecular weight excluding hydrogens is 234 g/mol. The Bertz CT molecular complexity index is 296. The first kappa shape index (κ1) is 8.73. The quantitative estimate of drug-likeness (QED) is 0.852. The van der Waals surface area contributed by atoms with Gasteiger partial charge in [-0.25, -0.2) is 0 Å². The average molecular weight is 246 g/mol. The molecule has 0 aliphatic heterocycles. The van der Waals surface area contributed by atoms with Crippen molar-refractivity contribution in [2.45, 2.75) is 25.3 Å². The summed E-state index contributed by atoms with van der Waals surface area (Å²) in [5.41, 5.74) is 6.24. The fourth-order valence-corrected chi connectivity index (χ4v) is 3.35. The summed E-state index contributed by atoms with van der Waals surface area (Å²) in [6.07, 6.45) is 2.36. The molecule has 0 spiro atoms. The van der Waals surface area contributed by atoms with Crippen LogP contribution in [0.1, 0.15) is 24.6 Å². The molecular formula is C9H12BrNS. The molecule has 0 aromatic carbocycles. The lowest BCUT2D eigenvalue weighted by Crippen LogP contribution is -2.20. The third kappa shape index (κ3) is 1.24. The van der Waals surface area contributed by atoms with Gasteiger partial charge < -0.3 is 5.73 Å². The second kappa shape index (κ2) is 2.82. The fraction of sp³-hybridized carbons (Fsp3) is 0.556. The molecule has 1 aromatic heterocycles.